The summed E-state index contributed by atoms with van der Waals surface area (Å²) in [5.74, 6) is -0.415. The van der Waals surface area contributed by atoms with Crippen LogP contribution in [0.5, 0.6) is 5.75 Å². The molecule has 9 heteroatoms. The number of thiophene rings is 1. The number of likely N-dealkylation sites (N-methyl/N-ethyl adjacent to an activating group) is 1. The van der Waals surface area contributed by atoms with Crippen molar-refractivity contribution in [2.24, 2.45) is 0 Å². The van der Waals surface area contributed by atoms with Crippen LogP contribution in [0.1, 0.15) is 11.1 Å². The Balaban J connectivity index is 1.66. The van der Waals surface area contributed by atoms with E-state index in [9.17, 15) is 12.8 Å². The number of halogens is 2. The molecule has 0 aliphatic carbocycles. The lowest BCUT2D eigenvalue weighted by atomic mass is 10.0. The molecule has 0 radical (unpaired) electrons. The molecule has 1 aliphatic rings. The first-order valence-corrected chi connectivity index (χ1v) is 12.4. The number of fused-ring (bicyclic) bond motifs is 1. The van der Waals surface area contributed by atoms with Crippen molar-refractivity contribution in [2.45, 2.75) is 17.7 Å². The number of ether oxygens (including phenoxy) is 1. The number of nitrogens with zero attached hydrogens (tertiary/aromatic N) is 1. The number of sulfonamides is 1. The fourth-order valence-electron chi connectivity index (χ4n) is 3.66. The van der Waals surface area contributed by atoms with E-state index in [1.165, 1.54) is 30.6 Å². The third-order valence-electron chi connectivity index (χ3n) is 5.37. The minimum Gasteiger partial charge on any atom is -0.495 e. The summed E-state index contributed by atoms with van der Waals surface area (Å²) in [6.07, 6.45) is 1.66. The average molecular weight is 481 g/mol. The molecule has 0 bridgehead atoms. The molecule has 2 heterocycles. The molecule has 31 heavy (non-hydrogen) atoms. The molecule has 0 amide bonds. The van der Waals surface area contributed by atoms with E-state index in [0.717, 1.165) is 41.9 Å². The van der Waals surface area contributed by atoms with Crippen LogP contribution in [0, 0.1) is 5.82 Å². The first kappa shape index (κ1) is 22.1. The van der Waals surface area contributed by atoms with Gasteiger partial charge in [0, 0.05) is 18.0 Å². The van der Waals surface area contributed by atoms with Crippen molar-refractivity contribution in [1.29, 1.82) is 0 Å². The Morgan fingerprint density at radius 2 is 1.81 bits per heavy atom. The molecule has 1 aliphatic heterocycles. The Hall–Kier alpha value is -2.13. The fourth-order valence-corrected chi connectivity index (χ4v) is 5.82. The van der Waals surface area contributed by atoms with E-state index in [-0.39, 0.29) is 0 Å². The Morgan fingerprint density at radius 3 is 2.42 bits per heavy atom. The lowest BCUT2D eigenvalue weighted by Gasteiger charge is -2.16. The quantitative estimate of drug-likeness (QED) is 0.555. The van der Waals surface area contributed by atoms with Gasteiger partial charge in [-0.2, -0.15) is 0 Å². The molecule has 0 atom stereocenters. The molecule has 3 aromatic rings. The molecule has 164 valence electrons. The molecule has 4 rings (SSSR count). The van der Waals surface area contributed by atoms with Crippen LogP contribution in [0.15, 0.2) is 47.4 Å². The summed E-state index contributed by atoms with van der Waals surface area (Å²) >= 11 is 7.24. The van der Waals surface area contributed by atoms with Crippen molar-refractivity contribution in [1.82, 2.24) is 4.90 Å². The van der Waals surface area contributed by atoms with Crippen LogP contribution in [0.25, 0.3) is 10.4 Å². The highest BCUT2D eigenvalue weighted by Crippen LogP contribution is 2.35. The van der Waals surface area contributed by atoms with E-state index < -0.39 is 20.7 Å². The predicted octanol–water partition coefficient (Wildman–Crippen LogP) is 5.05. The lowest BCUT2D eigenvalue weighted by molar-refractivity contribution is 0.352. The maximum atomic E-state index is 14.8. The second kappa shape index (κ2) is 8.78. The zero-order valence-corrected chi connectivity index (χ0v) is 19.5. The van der Waals surface area contributed by atoms with Crippen molar-refractivity contribution in [3.05, 3.63) is 63.7 Å². The van der Waals surface area contributed by atoms with Crippen LogP contribution in [0.4, 0.5) is 10.1 Å². The second-order valence-corrected chi connectivity index (χ2v) is 10.8. The molecule has 1 aromatic heterocycles. The van der Waals surface area contributed by atoms with Gasteiger partial charge < -0.3 is 9.64 Å². The average Bonchev–Trinajstić information content (AvgIpc) is 3.08. The van der Waals surface area contributed by atoms with Crippen molar-refractivity contribution in [3.8, 4) is 16.2 Å². The summed E-state index contributed by atoms with van der Waals surface area (Å²) < 4.78 is 49.3. The fraction of sp³-hybridized carbons (Fsp3) is 0.273. The van der Waals surface area contributed by atoms with Gasteiger partial charge in [0.2, 0.25) is 0 Å². The largest absolute Gasteiger partial charge is 0.495 e. The topological polar surface area (TPSA) is 58.6 Å². The molecule has 0 saturated heterocycles. The SMILES string of the molecule is COc1cc2c(cc1NS(=O)(=O)c1ccc(-c3ccc(Cl)s3)cc1F)CCN(C)CC2. The van der Waals surface area contributed by atoms with Gasteiger partial charge in [-0.15, -0.1) is 11.3 Å². The summed E-state index contributed by atoms with van der Waals surface area (Å²) in [4.78, 5) is 2.57. The van der Waals surface area contributed by atoms with E-state index in [0.29, 0.717) is 21.3 Å². The number of nitrogens with one attached hydrogen (secondary N) is 1. The molecular weight excluding hydrogens is 459 g/mol. The highest BCUT2D eigenvalue weighted by Gasteiger charge is 2.23. The first-order valence-electron chi connectivity index (χ1n) is 9.73. The van der Waals surface area contributed by atoms with Crippen LogP contribution in [-0.2, 0) is 22.9 Å². The van der Waals surface area contributed by atoms with E-state index in [1.54, 1.807) is 24.3 Å². The van der Waals surface area contributed by atoms with Crippen molar-refractivity contribution >= 4 is 38.6 Å². The van der Waals surface area contributed by atoms with E-state index in [4.69, 9.17) is 16.3 Å². The maximum absolute atomic E-state index is 14.8. The highest BCUT2D eigenvalue weighted by molar-refractivity contribution is 7.92. The van der Waals surface area contributed by atoms with Gasteiger partial charge in [0.15, 0.2) is 0 Å². The molecular formula is C22H22ClFN2O3S2. The van der Waals surface area contributed by atoms with Crippen LogP contribution >= 0.6 is 22.9 Å². The van der Waals surface area contributed by atoms with E-state index in [1.807, 2.05) is 6.07 Å². The maximum Gasteiger partial charge on any atom is 0.264 e. The molecule has 0 fully saturated rings. The van der Waals surface area contributed by atoms with Crippen LogP contribution in [0.2, 0.25) is 4.34 Å². The summed E-state index contributed by atoms with van der Waals surface area (Å²) in [5.41, 5.74) is 3.07. The molecule has 2 aromatic carbocycles. The van der Waals surface area contributed by atoms with Gasteiger partial charge in [0.05, 0.1) is 17.1 Å². The number of methoxy groups -OCH3 is 1. The van der Waals surface area contributed by atoms with Crippen molar-refractivity contribution in [3.63, 3.8) is 0 Å². The third-order valence-corrected chi connectivity index (χ3v) is 8.05. The Morgan fingerprint density at radius 1 is 1.10 bits per heavy atom. The monoisotopic (exact) mass is 480 g/mol. The molecule has 0 saturated carbocycles. The number of anilines is 1. The third kappa shape index (κ3) is 4.72. The molecule has 0 unspecified atom stereocenters. The summed E-state index contributed by atoms with van der Waals surface area (Å²) in [6.45, 7) is 1.81. The van der Waals surface area contributed by atoms with Gasteiger partial charge in [-0.05, 0) is 73.0 Å². The molecule has 1 N–H and O–H groups in total. The normalized spacial score (nSPS) is 14.7. The number of hydrogen-bond acceptors (Lipinski definition) is 5. The predicted molar refractivity (Wildman–Crippen MR) is 123 cm³/mol. The second-order valence-electron chi connectivity index (χ2n) is 7.48. The van der Waals surface area contributed by atoms with Crippen molar-refractivity contribution < 1.29 is 17.5 Å². The highest BCUT2D eigenvalue weighted by atomic mass is 35.5. The molecule has 0 spiro atoms. The minimum atomic E-state index is -4.15. The summed E-state index contributed by atoms with van der Waals surface area (Å²) in [5, 5.41) is 0. The zero-order chi connectivity index (χ0) is 22.2. The summed E-state index contributed by atoms with van der Waals surface area (Å²) in [6, 6.07) is 11.2. The number of rotatable bonds is 5. The van der Waals surface area contributed by atoms with E-state index >= 15 is 0 Å². The number of hydrogen-bond donors (Lipinski definition) is 1. The lowest BCUT2D eigenvalue weighted by Crippen LogP contribution is -2.20. The minimum absolute atomic E-state index is 0.305. The van der Waals surface area contributed by atoms with Crippen molar-refractivity contribution in [2.75, 3.05) is 32.0 Å². The number of benzene rings is 2. The van der Waals surface area contributed by atoms with E-state index in [2.05, 4.69) is 16.7 Å². The molecule has 5 nitrogen and oxygen atoms in total. The van der Waals surface area contributed by atoms with Gasteiger partial charge in [-0.25, -0.2) is 12.8 Å². The van der Waals surface area contributed by atoms with Gasteiger partial charge in [0.25, 0.3) is 10.0 Å². The van der Waals surface area contributed by atoms with Gasteiger partial charge in [0.1, 0.15) is 16.5 Å². The van der Waals surface area contributed by atoms with Crippen LogP contribution in [0.3, 0.4) is 0 Å². The Labute approximate surface area is 190 Å². The standard InChI is InChI=1S/C22H22ClFN2O3S2/c1-26-9-7-14-12-18(19(29-2)13-15(14)8-10-26)25-31(27,28)21-5-3-16(11-17(21)24)20-4-6-22(23)30-20/h3-6,11-13,25H,7-10H2,1-2H3. The smallest absolute Gasteiger partial charge is 0.264 e. The van der Waals surface area contributed by atoms with Crippen LogP contribution in [-0.4, -0.2) is 40.6 Å². The Bertz CT molecular complexity index is 1230. The Kier molecular flexibility index (Phi) is 6.25. The van der Waals surface area contributed by atoms with Gasteiger partial charge in [-0.1, -0.05) is 17.7 Å². The van der Waals surface area contributed by atoms with Crippen LogP contribution < -0.4 is 9.46 Å². The summed E-state index contributed by atoms with van der Waals surface area (Å²) in [7, 11) is -0.606. The zero-order valence-electron chi connectivity index (χ0n) is 17.1. The van der Waals surface area contributed by atoms with Gasteiger partial charge >= 0.3 is 0 Å². The first-order chi connectivity index (χ1) is 14.8. The van der Waals surface area contributed by atoms with Gasteiger partial charge in [-0.3, -0.25) is 4.72 Å².